The van der Waals surface area contributed by atoms with E-state index in [1.54, 1.807) is 0 Å². The van der Waals surface area contributed by atoms with Crippen molar-refractivity contribution in [3.63, 3.8) is 0 Å². The largest absolute Gasteiger partial charge is 0.492 e. The standard InChI is InChI=1S/C27H36BNO4/c1-25(2,3)31-24(30)29-19-23(28-32-26(4,5)27(6,7)33-28)18-22-15-13-21(14-16-22)17-20-11-9-8-10-12-20/h8-16,18H,17,19H2,1-7H3,(H,29,30). The SMILES string of the molecule is CC(C)(C)OC(=O)NCC(=Cc1ccc(Cc2ccccc2)cc1)B1OC(C)(C)C(C)(C)O1. The van der Waals surface area contributed by atoms with Crippen LogP contribution >= 0.6 is 0 Å². The van der Waals surface area contributed by atoms with Crippen LogP contribution in [-0.4, -0.2) is 36.6 Å². The van der Waals surface area contributed by atoms with Crippen LogP contribution in [0.2, 0.25) is 0 Å². The molecule has 176 valence electrons. The second-order valence-electron chi connectivity index (χ2n) is 10.6. The van der Waals surface area contributed by atoms with Gasteiger partial charge in [-0.15, -0.1) is 0 Å². The van der Waals surface area contributed by atoms with Gasteiger partial charge in [-0.1, -0.05) is 60.7 Å². The highest BCUT2D eigenvalue weighted by atomic mass is 16.7. The van der Waals surface area contributed by atoms with E-state index >= 15 is 0 Å². The van der Waals surface area contributed by atoms with Gasteiger partial charge in [0.1, 0.15) is 5.60 Å². The summed E-state index contributed by atoms with van der Waals surface area (Å²) in [5, 5.41) is 2.85. The van der Waals surface area contributed by atoms with Crippen LogP contribution in [0.5, 0.6) is 0 Å². The summed E-state index contributed by atoms with van der Waals surface area (Å²) in [6.45, 7) is 13.9. The molecule has 1 fully saturated rings. The molecule has 1 aliphatic rings. The molecular formula is C27H36BNO4. The Kier molecular flexibility index (Phi) is 7.40. The van der Waals surface area contributed by atoms with E-state index in [0.29, 0.717) is 0 Å². The first kappa shape index (κ1) is 25.1. The molecule has 2 aromatic carbocycles. The van der Waals surface area contributed by atoms with Crippen LogP contribution in [0, 0.1) is 0 Å². The van der Waals surface area contributed by atoms with Gasteiger partial charge in [-0.25, -0.2) is 4.79 Å². The zero-order valence-electron chi connectivity index (χ0n) is 20.9. The molecule has 0 unspecified atom stereocenters. The fourth-order valence-corrected chi connectivity index (χ4v) is 3.46. The maximum Gasteiger partial charge on any atom is 0.492 e. The van der Waals surface area contributed by atoms with Crippen LogP contribution in [0.4, 0.5) is 4.79 Å². The van der Waals surface area contributed by atoms with Crippen molar-refractivity contribution in [2.24, 2.45) is 0 Å². The highest BCUT2D eigenvalue weighted by molar-refractivity contribution is 6.56. The first-order valence-electron chi connectivity index (χ1n) is 11.5. The molecule has 0 saturated carbocycles. The van der Waals surface area contributed by atoms with Gasteiger partial charge in [0.15, 0.2) is 0 Å². The summed E-state index contributed by atoms with van der Waals surface area (Å²) in [6.07, 6.45) is 2.43. The van der Waals surface area contributed by atoms with Crippen LogP contribution in [-0.2, 0) is 20.5 Å². The van der Waals surface area contributed by atoms with Crippen molar-refractivity contribution in [1.29, 1.82) is 0 Å². The molecule has 1 saturated heterocycles. The summed E-state index contributed by atoms with van der Waals surface area (Å²) >= 11 is 0. The number of nitrogens with one attached hydrogen (secondary N) is 1. The van der Waals surface area contributed by atoms with Gasteiger partial charge in [-0.3, -0.25) is 0 Å². The number of carbonyl (C=O) groups excluding carboxylic acids is 1. The smallest absolute Gasteiger partial charge is 0.444 e. The lowest BCUT2D eigenvalue weighted by Crippen LogP contribution is -2.41. The lowest BCUT2D eigenvalue weighted by molar-refractivity contribution is 0.00578. The second kappa shape index (κ2) is 9.74. The van der Waals surface area contributed by atoms with Gasteiger partial charge in [0.25, 0.3) is 0 Å². The van der Waals surface area contributed by atoms with Crippen molar-refractivity contribution in [2.75, 3.05) is 6.54 Å². The molecular weight excluding hydrogens is 413 g/mol. The Morgan fingerprint density at radius 2 is 1.48 bits per heavy atom. The number of rotatable bonds is 6. The summed E-state index contributed by atoms with van der Waals surface area (Å²) in [7, 11) is -0.561. The van der Waals surface area contributed by atoms with Gasteiger partial charge in [0, 0.05) is 6.54 Å². The van der Waals surface area contributed by atoms with E-state index in [9.17, 15) is 4.79 Å². The molecule has 0 aromatic heterocycles. The van der Waals surface area contributed by atoms with E-state index in [2.05, 4.69) is 53.8 Å². The zero-order chi connectivity index (χ0) is 24.3. The number of alkyl carbamates (subject to hydrolysis) is 1. The van der Waals surface area contributed by atoms with E-state index in [1.807, 2.05) is 60.6 Å². The summed E-state index contributed by atoms with van der Waals surface area (Å²) in [5.41, 5.74) is 2.86. The third-order valence-corrected chi connectivity index (χ3v) is 5.97. The molecule has 0 atom stereocenters. The molecule has 6 heteroatoms. The first-order valence-corrected chi connectivity index (χ1v) is 11.5. The van der Waals surface area contributed by atoms with Gasteiger partial charge >= 0.3 is 13.2 Å². The zero-order valence-corrected chi connectivity index (χ0v) is 20.9. The highest BCUT2D eigenvalue weighted by Crippen LogP contribution is 2.38. The van der Waals surface area contributed by atoms with E-state index in [-0.39, 0.29) is 6.54 Å². The summed E-state index contributed by atoms with van der Waals surface area (Å²) in [4.78, 5) is 12.3. The quantitative estimate of drug-likeness (QED) is 0.565. The van der Waals surface area contributed by atoms with Crippen LogP contribution in [0.3, 0.4) is 0 Å². The van der Waals surface area contributed by atoms with Gasteiger partial charge in [-0.05, 0) is 77.0 Å². The van der Waals surface area contributed by atoms with E-state index < -0.39 is 30.0 Å². The summed E-state index contributed by atoms with van der Waals surface area (Å²) in [5.74, 6) is 0. The Balaban J connectivity index is 1.78. The molecule has 1 heterocycles. The number of hydrogen-bond acceptors (Lipinski definition) is 4. The minimum Gasteiger partial charge on any atom is -0.444 e. The highest BCUT2D eigenvalue weighted by Gasteiger charge is 2.52. The number of carbonyl (C=O) groups is 1. The number of benzene rings is 2. The molecule has 1 aliphatic heterocycles. The second-order valence-corrected chi connectivity index (χ2v) is 10.6. The Labute approximate surface area is 198 Å². The van der Waals surface area contributed by atoms with Crippen LogP contribution in [0.1, 0.15) is 65.2 Å². The lowest BCUT2D eigenvalue weighted by Gasteiger charge is -2.32. The first-order chi connectivity index (χ1) is 15.3. The molecule has 0 aliphatic carbocycles. The third-order valence-electron chi connectivity index (χ3n) is 5.97. The maximum atomic E-state index is 12.3. The molecule has 1 amide bonds. The summed E-state index contributed by atoms with van der Waals surface area (Å²) in [6, 6.07) is 18.8. The number of ether oxygens (including phenoxy) is 1. The fraction of sp³-hybridized carbons (Fsp3) is 0.444. The van der Waals surface area contributed by atoms with Crippen molar-refractivity contribution in [3.8, 4) is 0 Å². The number of amides is 1. The Morgan fingerprint density at radius 1 is 0.939 bits per heavy atom. The molecule has 3 rings (SSSR count). The average Bonchev–Trinajstić information content (AvgIpc) is 2.93. The van der Waals surface area contributed by atoms with E-state index in [1.165, 1.54) is 11.1 Å². The van der Waals surface area contributed by atoms with Gasteiger partial charge in [-0.2, -0.15) is 0 Å². The molecule has 5 nitrogen and oxygen atoms in total. The maximum absolute atomic E-state index is 12.3. The predicted octanol–water partition coefficient (Wildman–Crippen LogP) is 5.82. The lowest BCUT2D eigenvalue weighted by atomic mass is 9.77. The predicted molar refractivity (Wildman–Crippen MR) is 134 cm³/mol. The van der Waals surface area contributed by atoms with E-state index in [4.69, 9.17) is 14.0 Å². The van der Waals surface area contributed by atoms with Crippen LogP contribution < -0.4 is 5.32 Å². The van der Waals surface area contributed by atoms with Crippen molar-refractivity contribution in [2.45, 2.75) is 71.7 Å². The topological polar surface area (TPSA) is 56.8 Å². The summed E-state index contributed by atoms with van der Waals surface area (Å²) < 4.78 is 17.9. The monoisotopic (exact) mass is 449 g/mol. The fourth-order valence-electron chi connectivity index (χ4n) is 3.46. The van der Waals surface area contributed by atoms with Crippen LogP contribution in [0.15, 0.2) is 60.1 Å². The molecule has 33 heavy (non-hydrogen) atoms. The molecule has 0 spiro atoms. The van der Waals surface area contributed by atoms with Gasteiger partial charge < -0.3 is 19.4 Å². The third kappa shape index (κ3) is 6.96. The van der Waals surface area contributed by atoms with Crippen LogP contribution in [0.25, 0.3) is 6.08 Å². The molecule has 0 radical (unpaired) electrons. The van der Waals surface area contributed by atoms with Crippen molar-refractivity contribution in [3.05, 3.63) is 76.8 Å². The minimum atomic E-state index is -0.563. The normalized spacial score (nSPS) is 17.7. The Morgan fingerprint density at radius 3 is 2.03 bits per heavy atom. The molecule has 1 N–H and O–H groups in total. The van der Waals surface area contributed by atoms with Crippen molar-refractivity contribution >= 4 is 19.3 Å². The van der Waals surface area contributed by atoms with Crippen molar-refractivity contribution < 1.29 is 18.8 Å². The average molecular weight is 449 g/mol. The van der Waals surface area contributed by atoms with Gasteiger partial charge in [0.2, 0.25) is 0 Å². The van der Waals surface area contributed by atoms with Crippen molar-refractivity contribution in [1.82, 2.24) is 5.32 Å². The van der Waals surface area contributed by atoms with Gasteiger partial charge in [0.05, 0.1) is 11.2 Å². The molecule has 0 bridgehead atoms. The van der Waals surface area contributed by atoms with E-state index in [0.717, 1.165) is 17.5 Å². The Bertz CT molecular complexity index is 959. The Hall–Kier alpha value is -2.57. The minimum absolute atomic E-state index is 0.261. The molecule has 2 aromatic rings. The number of hydrogen-bond donors (Lipinski definition) is 1.